The van der Waals surface area contributed by atoms with E-state index in [1.54, 1.807) is 36.4 Å². The predicted octanol–water partition coefficient (Wildman–Crippen LogP) is 2.91. The highest BCUT2D eigenvalue weighted by molar-refractivity contribution is 5.94. The van der Waals surface area contributed by atoms with Crippen LogP contribution in [0, 0.1) is 0 Å². The van der Waals surface area contributed by atoms with Crippen molar-refractivity contribution < 1.29 is 14.4 Å². The van der Waals surface area contributed by atoms with Crippen LogP contribution in [0.5, 0.6) is 0 Å². The molecule has 0 aliphatic heterocycles. The first-order chi connectivity index (χ1) is 13.6. The molecule has 0 saturated heterocycles. The van der Waals surface area contributed by atoms with Gasteiger partial charge in [0.05, 0.1) is 0 Å². The number of urea groups is 1. The van der Waals surface area contributed by atoms with Gasteiger partial charge in [0.1, 0.15) is 0 Å². The summed E-state index contributed by atoms with van der Waals surface area (Å²) in [4.78, 5) is 34.9. The Kier molecular flexibility index (Phi) is 7.36. The molecule has 0 saturated carbocycles. The lowest BCUT2D eigenvalue weighted by molar-refractivity contribution is -0.121. The van der Waals surface area contributed by atoms with Crippen molar-refractivity contribution in [2.75, 3.05) is 11.9 Å². The molecule has 0 heterocycles. The first-order valence-electron chi connectivity index (χ1n) is 9.46. The number of hydrogen-bond acceptors (Lipinski definition) is 3. The molecular weight excluding hydrogens is 368 g/mol. The fourth-order valence-electron chi connectivity index (χ4n) is 2.65. The number of nitrogens with two attached hydrogens (primary N) is 1. The number of hydrogen-bond donors (Lipinski definition) is 4. The molecule has 29 heavy (non-hydrogen) atoms. The van der Waals surface area contributed by atoms with Gasteiger partial charge in [-0.3, -0.25) is 9.59 Å². The summed E-state index contributed by atoms with van der Waals surface area (Å²) in [6.45, 7) is 6.97. The zero-order valence-electron chi connectivity index (χ0n) is 17.0. The van der Waals surface area contributed by atoms with Gasteiger partial charge in [0.2, 0.25) is 5.91 Å². The van der Waals surface area contributed by atoms with Crippen molar-refractivity contribution in [2.24, 2.45) is 5.73 Å². The Morgan fingerprint density at radius 2 is 1.52 bits per heavy atom. The molecule has 0 aliphatic carbocycles. The van der Waals surface area contributed by atoms with E-state index in [4.69, 9.17) is 5.73 Å². The molecule has 0 atom stereocenters. The van der Waals surface area contributed by atoms with E-state index >= 15 is 0 Å². The van der Waals surface area contributed by atoms with Gasteiger partial charge in [-0.15, -0.1) is 0 Å². The lowest BCUT2D eigenvalue weighted by atomic mass is 9.87. The quantitative estimate of drug-likeness (QED) is 0.577. The van der Waals surface area contributed by atoms with Crippen molar-refractivity contribution in [2.45, 2.75) is 39.2 Å². The summed E-state index contributed by atoms with van der Waals surface area (Å²) >= 11 is 0. The first-order valence-corrected chi connectivity index (χ1v) is 9.46. The zero-order chi connectivity index (χ0) is 21.4. The van der Waals surface area contributed by atoms with E-state index in [0.717, 1.165) is 11.1 Å². The van der Waals surface area contributed by atoms with E-state index in [1.165, 1.54) is 0 Å². The summed E-state index contributed by atoms with van der Waals surface area (Å²) in [6, 6.07) is 13.9. The van der Waals surface area contributed by atoms with E-state index in [0.29, 0.717) is 17.8 Å². The lowest BCUT2D eigenvalue weighted by Crippen LogP contribution is -2.30. The van der Waals surface area contributed by atoms with Crippen LogP contribution < -0.4 is 21.7 Å². The molecule has 5 N–H and O–H groups in total. The van der Waals surface area contributed by atoms with E-state index in [1.807, 2.05) is 12.1 Å². The Balaban J connectivity index is 1.72. The van der Waals surface area contributed by atoms with Crippen LogP contribution >= 0.6 is 0 Å². The summed E-state index contributed by atoms with van der Waals surface area (Å²) < 4.78 is 0. The second kappa shape index (κ2) is 9.73. The summed E-state index contributed by atoms with van der Waals surface area (Å²) in [5.41, 5.74) is 8.29. The molecule has 2 aromatic rings. The SMILES string of the molecule is CC(C)(C)c1ccc(C(=O)NCCC(=O)NCc2ccc(NC(N)=O)cc2)cc1. The summed E-state index contributed by atoms with van der Waals surface area (Å²) in [7, 11) is 0. The molecule has 0 aliphatic rings. The molecule has 4 amide bonds. The summed E-state index contributed by atoms with van der Waals surface area (Å²) in [5, 5.41) is 8.02. The Labute approximate surface area is 171 Å². The van der Waals surface area contributed by atoms with E-state index in [-0.39, 0.29) is 30.2 Å². The Hall–Kier alpha value is -3.35. The minimum Gasteiger partial charge on any atom is -0.352 e. The molecule has 0 unspecified atom stereocenters. The molecular formula is C22H28N4O3. The van der Waals surface area contributed by atoms with Crippen LogP contribution in [0.3, 0.4) is 0 Å². The average molecular weight is 396 g/mol. The van der Waals surface area contributed by atoms with Gasteiger partial charge in [0.25, 0.3) is 5.91 Å². The second-order valence-corrected chi connectivity index (χ2v) is 7.80. The molecule has 2 aromatic carbocycles. The third-order valence-electron chi connectivity index (χ3n) is 4.36. The number of nitrogens with one attached hydrogen (secondary N) is 3. The number of carbonyl (C=O) groups excluding carboxylic acids is 3. The smallest absolute Gasteiger partial charge is 0.316 e. The zero-order valence-corrected chi connectivity index (χ0v) is 17.0. The lowest BCUT2D eigenvalue weighted by Gasteiger charge is -2.19. The monoisotopic (exact) mass is 396 g/mol. The van der Waals surface area contributed by atoms with Gasteiger partial charge in [-0.2, -0.15) is 0 Å². The molecule has 0 bridgehead atoms. The molecule has 7 heteroatoms. The maximum Gasteiger partial charge on any atom is 0.316 e. The van der Waals surface area contributed by atoms with Crippen molar-refractivity contribution in [3.63, 3.8) is 0 Å². The normalized spacial score (nSPS) is 10.9. The predicted molar refractivity (Wildman–Crippen MR) is 114 cm³/mol. The van der Waals surface area contributed by atoms with Gasteiger partial charge in [-0.25, -0.2) is 4.79 Å². The topological polar surface area (TPSA) is 113 Å². The number of primary amides is 1. The highest BCUT2D eigenvalue weighted by Crippen LogP contribution is 2.22. The van der Waals surface area contributed by atoms with Crippen LogP contribution in [-0.4, -0.2) is 24.4 Å². The van der Waals surface area contributed by atoms with E-state index in [2.05, 4.69) is 36.7 Å². The van der Waals surface area contributed by atoms with E-state index in [9.17, 15) is 14.4 Å². The van der Waals surface area contributed by atoms with Gasteiger partial charge in [0.15, 0.2) is 0 Å². The molecule has 0 aromatic heterocycles. The first kappa shape index (κ1) is 21.9. The Morgan fingerprint density at radius 1 is 0.897 bits per heavy atom. The van der Waals surface area contributed by atoms with Crippen LogP contribution in [0.15, 0.2) is 48.5 Å². The Bertz CT molecular complexity index is 853. The average Bonchev–Trinajstić information content (AvgIpc) is 2.66. The number of carbonyl (C=O) groups is 3. The fourth-order valence-corrected chi connectivity index (χ4v) is 2.65. The molecule has 0 spiro atoms. The van der Waals surface area contributed by atoms with Gasteiger partial charge in [-0.05, 0) is 40.8 Å². The second-order valence-electron chi connectivity index (χ2n) is 7.80. The van der Waals surface area contributed by atoms with Crippen LogP contribution in [0.2, 0.25) is 0 Å². The maximum absolute atomic E-state index is 12.2. The van der Waals surface area contributed by atoms with Gasteiger partial charge >= 0.3 is 6.03 Å². The Morgan fingerprint density at radius 3 is 2.07 bits per heavy atom. The number of rotatable bonds is 7. The van der Waals surface area contributed by atoms with E-state index < -0.39 is 6.03 Å². The molecule has 2 rings (SSSR count). The highest BCUT2D eigenvalue weighted by atomic mass is 16.2. The molecule has 7 nitrogen and oxygen atoms in total. The molecule has 0 radical (unpaired) electrons. The van der Waals surface area contributed by atoms with Gasteiger partial charge in [0, 0.05) is 30.8 Å². The summed E-state index contributed by atoms with van der Waals surface area (Å²) in [5.74, 6) is -0.358. The molecule has 154 valence electrons. The summed E-state index contributed by atoms with van der Waals surface area (Å²) in [6.07, 6.45) is 0.188. The minimum atomic E-state index is -0.627. The van der Waals surface area contributed by atoms with Crippen LogP contribution in [-0.2, 0) is 16.8 Å². The maximum atomic E-state index is 12.2. The number of benzene rings is 2. The van der Waals surface area contributed by atoms with Gasteiger partial charge in [-0.1, -0.05) is 45.0 Å². The third kappa shape index (κ3) is 7.29. The largest absolute Gasteiger partial charge is 0.352 e. The van der Waals surface area contributed by atoms with Crippen LogP contribution in [0.1, 0.15) is 48.7 Å². The van der Waals surface area contributed by atoms with Crippen molar-refractivity contribution in [3.05, 3.63) is 65.2 Å². The van der Waals surface area contributed by atoms with Crippen LogP contribution in [0.25, 0.3) is 0 Å². The number of anilines is 1. The standard InChI is InChI=1S/C22H28N4O3/c1-22(2,3)17-8-6-16(7-9-17)20(28)24-13-12-19(27)25-14-15-4-10-18(11-5-15)26-21(23)29/h4-11H,12-14H2,1-3H3,(H,24,28)(H,25,27)(H3,23,26,29). The van der Waals surface area contributed by atoms with Gasteiger partial charge < -0.3 is 21.7 Å². The van der Waals surface area contributed by atoms with Crippen molar-refractivity contribution in [1.82, 2.24) is 10.6 Å². The highest BCUT2D eigenvalue weighted by Gasteiger charge is 2.14. The molecule has 0 fully saturated rings. The number of amides is 4. The van der Waals surface area contributed by atoms with Crippen molar-refractivity contribution >= 4 is 23.5 Å². The fraction of sp³-hybridized carbons (Fsp3) is 0.318. The van der Waals surface area contributed by atoms with Crippen LogP contribution in [0.4, 0.5) is 10.5 Å². The third-order valence-corrected chi connectivity index (χ3v) is 4.36. The van der Waals surface area contributed by atoms with Crippen molar-refractivity contribution in [3.8, 4) is 0 Å². The minimum absolute atomic E-state index is 0.0335. The van der Waals surface area contributed by atoms with Crippen molar-refractivity contribution in [1.29, 1.82) is 0 Å².